The highest BCUT2D eigenvalue weighted by atomic mass is 32.1. The summed E-state index contributed by atoms with van der Waals surface area (Å²) in [5, 5.41) is 9.13. The summed E-state index contributed by atoms with van der Waals surface area (Å²) in [7, 11) is 3.98. The Balaban J connectivity index is 1.46. The molecule has 1 saturated carbocycles. The normalized spacial score (nSPS) is 23.1. The molecule has 0 bridgehead atoms. The Bertz CT molecular complexity index is 798. The molecule has 3 heterocycles. The Labute approximate surface area is 150 Å². The molecule has 25 heavy (non-hydrogen) atoms. The van der Waals surface area contributed by atoms with E-state index in [0.717, 1.165) is 10.8 Å². The Kier molecular flexibility index (Phi) is 4.58. The molecule has 0 spiro atoms. The van der Waals surface area contributed by atoms with Crippen molar-refractivity contribution in [2.45, 2.75) is 37.4 Å². The molecule has 7 nitrogen and oxygen atoms in total. The summed E-state index contributed by atoms with van der Waals surface area (Å²) in [5.41, 5.74) is 0.975. The molecule has 2 aromatic heterocycles. The van der Waals surface area contributed by atoms with Gasteiger partial charge in [-0.05, 0) is 18.9 Å². The van der Waals surface area contributed by atoms with Crippen molar-refractivity contribution < 1.29 is 4.74 Å². The van der Waals surface area contributed by atoms with E-state index in [0.29, 0.717) is 25.7 Å². The van der Waals surface area contributed by atoms with Crippen molar-refractivity contribution in [1.82, 2.24) is 20.1 Å². The maximum atomic E-state index is 12.3. The molecule has 134 valence electrons. The maximum Gasteiger partial charge on any atom is 0.267 e. The minimum Gasteiger partial charge on any atom is -0.377 e. The highest BCUT2D eigenvalue weighted by molar-refractivity contribution is 7.15. The smallest absolute Gasteiger partial charge is 0.267 e. The fraction of sp³-hybridized carbons (Fsp3) is 0.588. The number of hydrogen-bond acceptors (Lipinski definition) is 7. The SMILES string of the molecule is CN(C)c1ncc(CNC2COCC2n2nc(C3CC3)ccc2=O)s1. The first-order chi connectivity index (χ1) is 12.1. The van der Waals surface area contributed by atoms with Gasteiger partial charge in [0.1, 0.15) is 0 Å². The molecule has 1 N–H and O–H groups in total. The van der Waals surface area contributed by atoms with Crippen molar-refractivity contribution in [3.63, 3.8) is 0 Å². The first-order valence-corrected chi connectivity index (χ1v) is 9.46. The third-order valence-electron chi connectivity index (χ3n) is 4.67. The van der Waals surface area contributed by atoms with Crippen LogP contribution >= 0.6 is 11.3 Å². The van der Waals surface area contributed by atoms with Crippen LogP contribution in [0.25, 0.3) is 0 Å². The number of aromatic nitrogens is 3. The van der Waals surface area contributed by atoms with Gasteiger partial charge in [-0.2, -0.15) is 5.10 Å². The van der Waals surface area contributed by atoms with E-state index < -0.39 is 0 Å². The summed E-state index contributed by atoms with van der Waals surface area (Å²) in [6, 6.07) is 3.52. The molecular weight excluding hydrogens is 338 g/mol. The van der Waals surface area contributed by atoms with Gasteiger partial charge >= 0.3 is 0 Å². The van der Waals surface area contributed by atoms with Crippen LogP contribution in [0.15, 0.2) is 23.1 Å². The predicted octanol–water partition coefficient (Wildman–Crippen LogP) is 1.37. The Morgan fingerprint density at radius 3 is 2.92 bits per heavy atom. The molecule has 0 radical (unpaired) electrons. The molecule has 2 unspecified atom stereocenters. The molecule has 4 rings (SSSR count). The van der Waals surface area contributed by atoms with Crippen LogP contribution in [0.3, 0.4) is 0 Å². The molecule has 0 amide bonds. The lowest BCUT2D eigenvalue weighted by Crippen LogP contribution is -2.41. The van der Waals surface area contributed by atoms with Crippen LogP contribution in [0.5, 0.6) is 0 Å². The summed E-state index contributed by atoms with van der Waals surface area (Å²) in [5.74, 6) is 0.530. The average molecular weight is 361 g/mol. The van der Waals surface area contributed by atoms with Gasteiger partial charge < -0.3 is 15.0 Å². The zero-order valence-electron chi connectivity index (χ0n) is 14.5. The lowest BCUT2D eigenvalue weighted by Gasteiger charge is -2.20. The molecular formula is C17H23N5O2S. The third kappa shape index (κ3) is 3.61. The van der Waals surface area contributed by atoms with Crippen molar-refractivity contribution in [2.24, 2.45) is 0 Å². The molecule has 0 aromatic carbocycles. The standard InChI is InChI=1S/C17H23N5O2S/c1-21(2)17-19-8-12(25-17)7-18-14-9-24-10-15(14)22-16(23)6-5-13(20-22)11-3-4-11/h5-6,8,11,14-15,18H,3-4,7,9-10H2,1-2H3. The van der Waals surface area contributed by atoms with Crippen LogP contribution in [0.2, 0.25) is 0 Å². The zero-order chi connectivity index (χ0) is 17.4. The Hall–Kier alpha value is -1.77. The lowest BCUT2D eigenvalue weighted by atomic mass is 10.1. The number of nitrogens with zero attached hydrogens (tertiary/aromatic N) is 4. The molecule has 8 heteroatoms. The quantitative estimate of drug-likeness (QED) is 0.838. The van der Waals surface area contributed by atoms with E-state index in [-0.39, 0.29) is 17.6 Å². The summed E-state index contributed by atoms with van der Waals surface area (Å²) >= 11 is 1.67. The molecule has 2 atom stereocenters. The monoisotopic (exact) mass is 361 g/mol. The number of ether oxygens (including phenoxy) is 1. The molecule has 2 fully saturated rings. The molecule has 2 aliphatic rings. The zero-order valence-corrected chi connectivity index (χ0v) is 15.3. The van der Waals surface area contributed by atoms with Gasteiger partial charge in [-0.1, -0.05) is 0 Å². The summed E-state index contributed by atoms with van der Waals surface area (Å²) in [4.78, 5) is 19.9. The van der Waals surface area contributed by atoms with Gasteiger partial charge in [0.15, 0.2) is 5.13 Å². The van der Waals surface area contributed by atoms with E-state index in [1.165, 1.54) is 17.7 Å². The van der Waals surface area contributed by atoms with E-state index in [2.05, 4.69) is 15.4 Å². The largest absolute Gasteiger partial charge is 0.377 e. The fourth-order valence-electron chi connectivity index (χ4n) is 3.07. The van der Waals surface area contributed by atoms with Crippen LogP contribution in [-0.2, 0) is 11.3 Å². The van der Waals surface area contributed by atoms with Crippen LogP contribution in [-0.4, -0.2) is 48.1 Å². The predicted molar refractivity (Wildman–Crippen MR) is 97.4 cm³/mol. The summed E-state index contributed by atoms with van der Waals surface area (Å²) in [6.45, 7) is 1.82. The van der Waals surface area contributed by atoms with Gasteiger partial charge in [0.25, 0.3) is 5.56 Å². The summed E-state index contributed by atoms with van der Waals surface area (Å²) in [6.07, 6.45) is 4.25. The minimum absolute atomic E-state index is 0.0561. The van der Waals surface area contributed by atoms with Crippen molar-refractivity contribution in [3.8, 4) is 0 Å². The lowest BCUT2D eigenvalue weighted by molar-refractivity contribution is 0.180. The number of hydrogen-bond donors (Lipinski definition) is 1. The first kappa shape index (κ1) is 16.7. The third-order valence-corrected chi connectivity index (χ3v) is 5.83. The highest BCUT2D eigenvalue weighted by Gasteiger charge is 2.32. The topological polar surface area (TPSA) is 72.3 Å². The van der Waals surface area contributed by atoms with E-state index in [9.17, 15) is 4.79 Å². The first-order valence-electron chi connectivity index (χ1n) is 8.65. The number of thiazole rings is 1. The van der Waals surface area contributed by atoms with Crippen LogP contribution in [0, 0.1) is 0 Å². The number of nitrogens with one attached hydrogen (secondary N) is 1. The Morgan fingerprint density at radius 2 is 2.20 bits per heavy atom. The van der Waals surface area contributed by atoms with Gasteiger partial charge in [-0.15, -0.1) is 11.3 Å². The molecule has 2 aromatic rings. The van der Waals surface area contributed by atoms with Gasteiger partial charge in [-0.25, -0.2) is 9.67 Å². The number of anilines is 1. The number of rotatable bonds is 6. The molecule has 1 aliphatic heterocycles. The average Bonchev–Trinajstić information content (AvgIpc) is 3.15. The van der Waals surface area contributed by atoms with E-state index in [1.54, 1.807) is 22.1 Å². The van der Waals surface area contributed by atoms with Gasteiger partial charge in [0.2, 0.25) is 0 Å². The van der Waals surface area contributed by atoms with E-state index in [4.69, 9.17) is 4.74 Å². The summed E-state index contributed by atoms with van der Waals surface area (Å²) < 4.78 is 7.27. The molecule has 1 saturated heterocycles. The second kappa shape index (κ2) is 6.86. The second-order valence-electron chi connectivity index (χ2n) is 6.91. The Morgan fingerprint density at radius 1 is 1.36 bits per heavy atom. The van der Waals surface area contributed by atoms with Crippen LogP contribution in [0.1, 0.15) is 35.4 Å². The van der Waals surface area contributed by atoms with Gasteiger partial charge in [0.05, 0.1) is 31.0 Å². The minimum atomic E-state index is -0.0626. The van der Waals surface area contributed by atoms with Gasteiger partial charge in [0, 0.05) is 43.7 Å². The van der Waals surface area contributed by atoms with Crippen molar-refractivity contribution >= 4 is 16.5 Å². The van der Waals surface area contributed by atoms with Crippen LogP contribution < -0.4 is 15.8 Å². The van der Waals surface area contributed by atoms with Crippen LogP contribution in [0.4, 0.5) is 5.13 Å². The van der Waals surface area contributed by atoms with E-state index >= 15 is 0 Å². The van der Waals surface area contributed by atoms with Gasteiger partial charge in [-0.3, -0.25) is 4.79 Å². The van der Waals surface area contributed by atoms with Crippen molar-refractivity contribution in [2.75, 3.05) is 32.2 Å². The maximum absolute atomic E-state index is 12.3. The highest BCUT2D eigenvalue weighted by Crippen LogP contribution is 2.38. The fourth-order valence-corrected chi connectivity index (χ4v) is 3.85. The molecule has 1 aliphatic carbocycles. The van der Waals surface area contributed by atoms with E-state index in [1.807, 2.05) is 31.3 Å². The van der Waals surface area contributed by atoms with Crippen molar-refractivity contribution in [1.29, 1.82) is 0 Å². The second-order valence-corrected chi connectivity index (χ2v) is 8.00. The van der Waals surface area contributed by atoms with Crippen molar-refractivity contribution in [3.05, 3.63) is 39.3 Å².